The first-order chi connectivity index (χ1) is 12.7. The van der Waals surface area contributed by atoms with Crippen LogP contribution in [0, 0.1) is 12.8 Å². The molecule has 4 rings (SSSR count). The molecule has 0 amide bonds. The van der Waals surface area contributed by atoms with Gasteiger partial charge in [-0.2, -0.15) is 5.10 Å². The van der Waals surface area contributed by atoms with Crippen LogP contribution in [-0.2, 0) is 12.8 Å². The van der Waals surface area contributed by atoms with E-state index in [2.05, 4.69) is 48.3 Å². The predicted molar refractivity (Wildman–Crippen MR) is 104 cm³/mol. The molecule has 0 aliphatic heterocycles. The molecule has 1 aliphatic rings. The summed E-state index contributed by atoms with van der Waals surface area (Å²) in [5.41, 5.74) is 6.72. The summed E-state index contributed by atoms with van der Waals surface area (Å²) in [6.45, 7) is 4.29. The Hall–Kier alpha value is -2.49. The van der Waals surface area contributed by atoms with Gasteiger partial charge < -0.3 is 0 Å². The zero-order valence-electron chi connectivity index (χ0n) is 15.7. The summed E-state index contributed by atoms with van der Waals surface area (Å²) in [5, 5.41) is 4.53. The molecule has 0 N–H and O–H groups in total. The van der Waals surface area contributed by atoms with Crippen LogP contribution >= 0.6 is 0 Å². The minimum atomic E-state index is 0.963. The Morgan fingerprint density at radius 1 is 1.15 bits per heavy atom. The fourth-order valence-corrected chi connectivity index (χ4v) is 3.38. The van der Waals surface area contributed by atoms with Gasteiger partial charge in [0.05, 0.1) is 17.6 Å². The van der Waals surface area contributed by atoms with Gasteiger partial charge in [-0.3, -0.25) is 9.97 Å². The Labute approximate surface area is 155 Å². The molecule has 134 valence electrons. The van der Waals surface area contributed by atoms with E-state index < -0.39 is 0 Å². The van der Waals surface area contributed by atoms with Gasteiger partial charge in [-0.1, -0.05) is 32.3 Å². The van der Waals surface area contributed by atoms with Crippen molar-refractivity contribution in [2.24, 2.45) is 5.92 Å². The van der Waals surface area contributed by atoms with Gasteiger partial charge in [0.2, 0.25) is 0 Å². The van der Waals surface area contributed by atoms with Gasteiger partial charge in [0.15, 0.2) is 0 Å². The Bertz CT molecular complexity index is 893. The van der Waals surface area contributed by atoms with E-state index in [1.54, 1.807) is 0 Å². The van der Waals surface area contributed by atoms with Crippen molar-refractivity contribution >= 4 is 0 Å². The summed E-state index contributed by atoms with van der Waals surface area (Å²) in [5.74, 6) is 0.963. The van der Waals surface area contributed by atoms with Crippen molar-refractivity contribution < 1.29 is 0 Å². The van der Waals surface area contributed by atoms with Crippen molar-refractivity contribution in [2.75, 3.05) is 0 Å². The van der Waals surface area contributed by atoms with E-state index in [9.17, 15) is 0 Å². The number of rotatable bonds is 7. The Kier molecular flexibility index (Phi) is 4.83. The van der Waals surface area contributed by atoms with Crippen molar-refractivity contribution in [3.8, 4) is 16.9 Å². The highest BCUT2D eigenvalue weighted by molar-refractivity contribution is 5.58. The molecule has 3 aromatic heterocycles. The van der Waals surface area contributed by atoms with Gasteiger partial charge in [-0.05, 0) is 55.9 Å². The van der Waals surface area contributed by atoms with Crippen LogP contribution in [-0.4, -0.2) is 19.7 Å². The molecular formula is C22H26N4. The van der Waals surface area contributed by atoms with E-state index in [0.717, 1.165) is 53.5 Å². The second-order valence-corrected chi connectivity index (χ2v) is 7.35. The molecule has 4 nitrogen and oxygen atoms in total. The molecule has 1 fully saturated rings. The lowest BCUT2D eigenvalue weighted by Crippen LogP contribution is -1.97. The van der Waals surface area contributed by atoms with Crippen LogP contribution in [0.15, 0.2) is 42.9 Å². The van der Waals surface area contributed by atoms with E-state index in [-0.39, 0.29) is 0 Å². The standard InChI is InChI=1S/C22H26N4/c1-3-4-20-13-21(11-12-23-20)26-15-19(14-24-26)22-10-9-18(16(2)25-22)8-7-17-5-6-17/h9-15,17H,3-8H2,1-2H3. The number of aromatic nitrogens is 4. The number of hydrogen-bond acceptors (Lipinski definition) is 3. The molecule has 1 saturated carbocycles. The maximum Gasteiger partial charge on any atom is 0.0737 e. The molecular weight excluding hydrogens is 320 g/mol. The van der Waals surface area contributed by atoms with E-state index in [0.29, 0.717) is 0 Å². The van der Waals surface area contributed by atoms with Crippen LogP contribution < -0.4 is 0 Å². The summed E-state index contributed by atoms with van der Waals surface area (Å²) < 4.78 is 1.91. The van der Waals surface area contributed by atoms with Crippen molar-refractivity contribution in [2.45, 2.75) is 52.4 Å². The lowest BCUT2D eigenvalue weighted by atomic mass is 10.0. The smallest absolute Gasteiger partial charge is 0.0737 e. The van der Waals surface area contributed by atoms with Gasteiger partial charge in [-0.25, -0.2) is 4.68 Å². The second kappa shape index (κ2) is 7.40. The van der Waals surface area contributed by atoms with Crippen molar-refractivity contribution in [3.05, 3.63) is 59.8 Å². The first kappa shape index (κ1) is 17.0. The maximum atomic E-state index is 4.83. The molecule has 4 heteroatoms. The quantitative estimate of drug-likeness (QED) is 0.609. The van der Waals surface area contributed by atoms with Crippen molar-refractivity contribution in [3.63, 3.8) is 0 Å². The summed E-state index contributed by atoms with van der Waals surface area (Å²) >= 11 is 0. The molecule has 1 aliphatic carbocycles. The van der Waals surface area contributed by atoms with Gasteiger partial charge in [-0.15, -0.1) is 0 Å². The zero-order chi connectivity index (χ0) is 17.9. The topological polar surface area (TPSA) is 43.6 Å². The van der Waals surface area contributed by atoms with Crippen LogP contribution in [0.3, 0.4) is 0 Å². The lowest BCUT2D eigenvalue weighted by Gasteiger charge is -2.07. The summed E-state index contributed by atoms with van der Waals surface area (Å²) in [7, 11) is 0. The summed E-state index contributed by atoms with van der Waals surface area (Å²) in [4.78, 5) is 9.25. The molecule has 0 unspecified atom stereocenters. The van der Waals surface area contributed by atoms with E-state index in [4.69, 9.17) is 4.98 Å². The number of hydrogen-bond donors (Lipinski definition) is 0. The molecule has 0 bridgehead atoms. The maximum absolute atomic E-state index is 4.83. The third-order valence-corrected chi connectivity index (χ3v) is 5.16. The number of aryl methyl sites for hydroxylation is 3. The molecule has 3 heterocycles. The molecule has 0 saturated heterocycles. The Morgan fingerprint density at radius 3 is 2.81 bits per heavy atom. The van der Waals surface area contributed by atoms with Crippen LogP contribution in [0.4, 0.5) is 0 Å². The molecule has 0 aromatic carbocycles. The van der Waals surface area contributed by atoms with E-state index in [1.165, 1.54) is 24.8 Å². The zero-order valence-corrected chi connectivity index (χ0v) is 15.7. The van der Waals surface area contributed by atoms with Crippen molar-refractivity contribution in [1.29, 1.82) is 0 Å². The van der Waals surface area contributed by atoms with Gasteiger partial charge in [0.1, 0.15) is 0 Å². The largest absolute Gasteiger partial charge is 0.261 e. The van der Waals surface area contributed by atoms with Gasteiger partial charge >= 0.3 is 0 Å². The summed E-state index contributed by atoms with van der Waals surface area (Å²) in [6, 6.07) is 8.48. The normalized spacial score (nSPS) is 13.9. The molecule has 0 radical (unpaired) electrons. The average Bonchev–Trinajstić information content (AvgIpc) is 3.35. The third kappa shape index (κ3) is 3.85. The highest BCUT2D eigenvalue weighted by Gasteiger charge is 2.21. The Morgan fingerprint density at radius 2 is 2.04 bits per heavy atom. The summed E-state index contributed by atoms with van der Waals surface area (Å²) in [6.07, 6.45) is 13.2. The minimum Gasteiger partial charge on any atom is -0.261 e. The predicted octanol–water partition coefficient (Wildman–Crippen LogP) is 4.93. The molecule has 0 spiro atoms. The number of pyridine rings is 2. The molecule has 3 aromatic rings. The average molecular weight is 346 g/mol. The van der Waals surface area contributed by atoms with Gasteiger partial charge in [0.25, 0.3) is 0 Å². The fraction of sp³-hybridized carbons (Fsp3) is 0.409. The Balaban J connectivity index is 1.53. The van der Waals surface area contributed by atoms with Crippen LogP contribution in [0.25, 0.3) is 16.9 Å². The van der Waals surface area contributed by atoms with E-state index in [1.807, 2.05) is 23.1 Å². The molecule has 0 atom stereocenters. The first-order valence-electron chi connectivity index (χ1n) is 9.70. The fourth-order valence-electron chi connectivity index (χ4n) is 3.38. The second-order valence-electron chi connectivity index (χ2n) is 7.35. The minimum absolute atomic E-state index is 0.963. The lowest BCUT2D eigenvalue weighted by molar-refractivity contribution is 0.721. The van der Waals surface area contributed by atoms with Crippen LogP contribution in [0.1, 0.15) is 49.6 Å². The SMILES string of the molecule is CCCc1cc(-n2cc(-c3ccc(CCC4CC4)c(C)n3)cn2)ccn1. The van der Waals surface area contributed by atoms with Gasteiger partial charge in [0, 0.05) is 29.3 Å². The highest BCUT2D eigenvalue weighted by Crippen LogP contribution is 2.34. The number of nitrogens with zero attached hydrogens (tertiary/aromatic N) is 4. The monoisotopic (exact) mass is 346 g/mol. The highest BCUT2D eigenvalue weighted by atomic mass is 15.3. The third-order valence-electron chi connectivity index (χ3n) is 5.16. The van der Waals surface area contributed by atoms with Crippen LogP contribution in [0.5, 0.6) is 0 Å². The van der Waals surface area contributed by atoms with Crippen molar-refractivity contribution in [1.82, 2.24) is 19.7 Å². The first-order valence-corrected chi connectivity index (χ1v) is 9.70. The van der Waals surface area contributed by atoms with E-state index >= 15 is 0 Å². The van der Waals surface area contributed by atoms with Crippen LogP contribution in [0.2, 0.25) is 0 Å². The molecule has 26 heavy (non-hydrogen) atoms.